The number of anilines is 2. The summed E-state index contributed by atoms with van der Waals surface area (Å²) < 4.78 is 13.5. The van der Waals surface area contributed by atoms with Gasteiger partial charge < -0.3 is 5.32 Å². The highest BCUT2D eigenvalue weighted by molar-refractivity contribution is 7.14. The summed E-state index contributed by atoms with van der Waals surface area (Å²) in [5, 5.41) is 5.64. The maximum absolute atomic E-state index is 13.5. The molecule has 3 rings (SSSR count). The second kappa shape index (κ2) is 5.20. The predicted octanol–water partition coefficient (Wildman–Crippen LogP) is 4.69. The van der Waals surface area contributed by atoms with Gasteiger partial charge in [0.05, 0.1) is 11.4 Å². The van der Waals surface area contributed by atoms with Crippen LogP contribution in [0.25, 0.3) is 11.3 Å². The molecule has 0 spiro atoms. The van der Waals surface area contributed by atoms with Crippen molar-refractivity contribution in [2.75, 3.05) is 5.32 Å². The molecule has 0 fully saturated rings. The molecule has 0 saturated carbocycles. The average Bonchev–Trinajstić information content (AvgIpc) is 2.91. The van der Waals surface area contributed by atoms with Crippen molar-refractivity contribution in [3.05, 3.63) is 65.8 Å². The lowest BCUT2D eigenvalue weighted by atomic mass is 10.2. The van der Waals surface area contributed by atoms with Crippen LogP contribution in [-0.2, 0) is 0 Å². The first-order valence-corrected chi connectivity index (χ1v) is 6.73. The van der Waals surface area contributed by atoms with Gasteiger partial charge in [-0.25, -0.2) is 9.37 Å². The van der Waals surface area contributed by atoms with E-state index < -0.39 is 0 Å². The Balaban J connectivity index is 1.85. The molecule has 0 saturated heterocycles. The first-order chi connectivity index (χ1) is 9.33. The molecule has 0 bridgehead atoms. The summed E-state index contributed by atoms with van der Waals surface area (Å²) >= 11 is 1.46. The van der Waals surface area contributed by atoms with Gasteiger partial charge in [-0.15, -0.1) is 11.3 Å². The van der Waals surface area contributed by atoms with Gasteiger partial charge in [0, 0.05) is 10.9 Å². The Bertz CT molecular complexity index is 679. The normalized spacial score (nSPS) is 10.4. The van der Waals surface area contributed by atoms with Gasteiger partial charge in [0.1, 0.15) is 5.82 Å². The lowest BCUT2D eigenvalue weighted by molar-refractivity contribution is 0.632. The van der Waals surface area contributed by atoms with E-state index in [4.69, 9.17) is 0 Å². The SMILES string of the molecule is Fc1ccccc1Nc1nc(-c2ccccc2)cs1. The zero-order chi connectivity index (χ0) is 13.1. The number of para-hydroxylation sites is 1. The average molecular weight is 270 g/mol. The number of nitrogens with one attached hydrogen (secondary N) is 1. The highest BCUT2D eigenvalue weighted by Crippen LogP contribution is 2.27. The fourth-order valence-electron chi connectivity index (χ4n) is 1.75. The summed E-state index contributed by atoms with van der Waals surface area (Å²) in [7, 11) is 0. The third-order valence-electron chi connectivity index (χ3n) is 2.69. The summed E-state index contributed by atoms with van der Waals surface area (Å²) in [6, 6.07) is 16.5. The molecule has 1 N–H and O–H groups in total. The number of hydrogen-bond acceptors (Lipinski definition) is 3. The Morgan fingerprint density at radius 1 is 0.947 bits per heavy atom. The van der Waals surface area contributed by atoms with Crippen molar-refractivity contribution in [3.63, 3.8) is 0 Å². The highest BCUT2D eigenvalue weighted by atomic mass is 32.1. The van der Waals surface area contributed by atoms with Gasteiger partial charge in [-0.2, -0.15) is 0 Å². The van der Waals surface area contributed by atoms with Crippen LogP contribution in [0.1, 0.15) is 0 Å². The fourth-order valence-corrected chi connectivity index (χ4v) is 2.48. The lowest BCUT2D eigenvalue weighted by Gasteiger charge is -2.02. The van der Waals surface area contributed by atoms with E-state index in [1.807, 2.05) is 35.7 Å². The number of rotatable bonds is 3. The minimum absolute atomic E-state index is 0.279. The molecule has 3 aromatic rings. The van der Waals surface area contributed by atoms with Crippen molar-refractivity contribution in [1.82, 2.24) is 4.98 Å². The second-order valence-electron chi connectivity index (χ2n) is 4.01. The van der Waals surface area contributed by atoms with Crippen molar-refractivity contribution in [2.45, 2.75) is 0 Å². The number of halogens is 1. The van der Waals surface area contributed by atoms with Crippen LogP contribution in [-0.4, -0.2) is 4.98 Å². The molecule has 0 radical (unpaired) electrons. The van der Waals surface area contributed by atoms with E-state index in [1.54, 1.807) is 18.2 Å². The Labute approximate surface area is 114 Å². The van der Waals surface area contributed by atoms with E-state index in [0.29, 0.717) is 10.8 Å². The molecular weight excluding hydrogens is 259 g/mol. The Hall–Kier alpha value is -2.20. The van der Waals surface area contributed by atoms with Crippen LogP contribution in [0.2, 0.25) is 0 Å². The fraction of sp³-hybridized carbons (Fsp3) is 0. The molecule has 0 atom stereocenters. The largest absolute Gasteiger partial charge is 0.329 e. The molecule has 19 heavy (non-hydrogen) atoms. The van der Waals surface area contributed by atoms with Gasteiger partial charge in [-0.1, -0.05) is 42.5 Å². The van der Waals surface area contributed by atoms with E-state index in [-0.39, 0.29) is 5.82 Å². The number of thiazole rings is 1. The van der Waals surface area contributed by atoms with Crippen LogP contribution in [0, 0.1) is 5.82 Å². The first kappa shape index (κ1) is 11.9. The molecule has 0 aliphatic rings. The van der Waals surface area contributed by atoms with E-state index in [0.717, 1.165) is 11.3 Å². The second-order valence-corrected chi connectivity index (χ2v) is 4.87. The van der Waals surface area contributed by atoms with Gasteiger partial charge in [0.25, 0.3) is 0 Å². The van der Waals surface area contributed by atoms with E-state index in [1.165, 1.54) is 17.4 Å². The minimum Gasteiger partial charge on any atom is -0.329 e. The van der Waals surface area contributed by atoms with Crippen LogP contribution >= 0.6 is 11.3 Å². The summed E-state index contributed by atoms with van der Waals surface area (Å²) in [5.74, 6) is -0.279. The molecule has 4 heteroatoms. The van der Waals surface area contributed by atoms with Crippen LogP contribution in [0.4, 0.5) is 15.2 Å². The van der Waals surface area contributed by atoms with Gasteiger partial charge >= 0.3 is 0 Å². The van der Waals surface area contributed by atoms with Crippen molar-refractivity contribution < 1.29 is 4.39 Å². The van der Waals surface area contributed by atoms with Gasteiger partial charge in [0.15, 0.2) is 5.13 Å². The molecule has 0 aliphatic carbocycles. The number of nitrogens with zero attached hydrogens (tertiary/aromatic N) is 1. The zero-order valence-electron chi connectivity index (χ0n) is 10.0. The molecular formula is C15H11FN2S. The van der Waals surface area contributed by atoms with Crippen LogP contribution in [0.5, 0.6) is 0 Å². The van der Waals surface area contributed by atoms with E-state index in [2.05, 4.69) is 10.3 Å². The van der Waals surface area contributed by atoms with E-state index >= 15 is 0 Å². The molecule has 2 nitrogen and oxygen atoms in total. The summed E-state index contributed by atoms with van der Waals surface area (Å²) in [5.41, 5.74) is 2.39. The first-order valence-electron chi connectivity index (χ1n) is 5.85. The molecule has 0 unspecified atom stereocenters. The smallest absolute Gasteiger partial charge is 0.187 e. The number of hydrogen-bond donors (Lipinski definition) is 1. The van der Waals surface area contributed by atoms with Crippen molar-refractivity contribution in [2.24, 2.45) is 0 Å². The lowest BCUT2D eigenvalue weighted by Crippen LogP contribution is -1.92. The van der Waals surface area contributed by atoms with Gasteiger partial charge in [0.2, 0.25) is 0 Å². The quantitative estimate of drug-likeness (QED) is 0.746. The standard InChI is InChI=1S/C15H11FN2S/c16-12-8-4-5-9-13(12)17-15-18-14(10-19-15)11-6-2-1-3-7-11/h1-10H,(H,17,18). The summed E-state index contributed by atoms with van der Waals surface area (Å²) in [6.07, 6.45) is 0. The predicted molar refractivity (Wildman–Crippen MR) is 77.2 cm³/mol. The van der Waals surface area contributed by atoms with Crippen molar-refractivity contribution in [3.8, 4) is 11.3 Å². The maximum atomic E-state index is 13.5. The molecule has 1 heterocycles. The van der Waals surface area contributed by atoms with Crippen molar-refractivity contribution in [1.29, 1.82) is 0 Å². The number of benzene rings is 2. The highest BCUT2D eigenvalue weighted by Gasteiger charge is 2.06. The van der Waals surface area contributed by atoms with Crippen LogP contribution < -0.4 is 5.32 Å². The maximum Gasteiger partial charge on any atom is 0.187 e. The Morgan fingerprint density at radius 3 is 2.47 bits per heavy atom. The van der Waals surface area contributed by atoms with Crippen LogP contribution in [0.3, 0.4) is 0 Å². The Kier molecular flexibility index (Phi) is 3.25. The summed E-state index contributed by atoms with van der Waals surface area (Å²) in [6.45, 7) is 0. The molecule has 0 amide bonds. The van der Waals surface area contributed by atoms with Gasteiger partial charge in [-0.05, 0) is 12.1 Å². The van der Waals surface area contributed by atoms with Gasteiger partial charge in [-0.3, -0.25) is 0 Å². The minimum atomic E-state index is -0.279. The topological polar surface area (TPSA) is 24.9 Å². The third-order valence-corrected chi connectivity index (χ3v) is 3.45. The molecule has 1 aromatic heterocycles. The molecule has 0 aliphatic heterocycles. The third kappa shape index (κ3) is 2.63. The Morgan fingerprint density at radius 2 is 1.68 bits per heavy atom. The summed E-state index contributed by atoms with van der Waals surface area (Å²) in [4.78, 5) is 4.46. The van der Waals surface area contributed by atoms with Crippen molar-refractivity contribution >= 4 is 22.2 Å². The number of aromatic nitrogens is 1. The molecule has 2 aromatic carbocycles. The molecule has 94 valence electrons. The van der Waals surface area contributed by atoms with E-state index in [9.17, 15) is 4.39 Å². The van der Waals surface area contributed by atoms with Crippen LogP contribution in [0.15, 0.2) is 60.0 Å². The monoisotopic (exact) mass is 270 g/mol. The zero-order valence-corrected chi connectivity index (χ0v) is 10.8.